The van der Waals surface area contributed by atoms with Crippen LogP contribution in [0.5, 0.6) is 11.5 Å². The Labute approximate surface area is 112 Å². The van der Waals surface area contributed by atoms with E-state index in [1.54, 1.807) is 13.2 Å². The van der Waals surface area contributed by atoms with Gasteiger partial charge in [-0.05, 0) is 48.7 Å². The van der Waals surface area contributed by atoms with Gasteiger partial charge in [0.25, 0.3) is 0 Å². The summed E-state index contributed by atoms with van der Waals surface area (Å²) in [6.45, 7) is 3.28. The fraction of sp³-hybridized carbons (Fsp3) is 0.188. The third-order valence-electron chi connectivity index (χ3n) is 3.09. The quantitative estimate of drug-likeness (QED) is 0.854. The molecule has 0 aliphatic heterocycles. The van der Waals surface area contributed by atoms with Crippen molar-refractivity contribution in [2.45, 2.75) is 13.8 Å². The molecule has 0 atom stereocenters. The Kier molecular flexibility index (Phi) is 3.56. The lowest BCUT2D eigenvalue weighted by Gasteiger charge is -2.10. The summed E-state index contributed by atoms with van der Waals surface area (Å²) in [7, 11) is 1.62. The van der Waals surface area contributed by atoms with Gasteiger partial charge >= 0.3 is 0 Å². The number of hydrogen-bond donors (Lipinski definition) is 1. The van der Waals surface area contributed by atoms with Crippen LogP contribution in [0.4, 0.5) is 0 Å². The molecule has 98 valence electrons. The molecule has 2 aromatic carbocycles. The van der Waals surface area contributed by atoms with E-state index in [-0.39, 0.29) is 11.5 Å². The number of phenols is 1. The van der Waals surface area contributed by atoms with Crippen LogP contribution in [0.15, 0.2) is 36.4 Å². The Morgan fingerprint density at radius 1 is 1.11 bits per heavy atom. The van der Waals surface area contributed by atoms with Crippen molar-refractivity contribution >= 4 is 5.78 Å². The number of ether oxygens (including phenoxy) is 1. The van der Waals surface area contributed by atoms with Crippen LogP contribution in [0.1, 0.15) is 22.8 Å². The van der Waals surface area contributed by atoms with E-state index >= 15 is 0 Å². The zero-order chi connectivity index (χ0) is 14.0. The molecule has 2 rings (SSSR count). The minimum absolute atomic E-state index is 0.0262. The van der Waals surface area contributed by atoms with E-state index in [4.69, 9.17) is 4.74 Å². The Hall–Kier alpha value is -2.29. The molecule has 0 saturated heterocycles. The average molecular weight is 256 g/mol. The van der Waals surface area contributed by atoms with Crippen molar-refractivity contribution in [1.29, 1.82) is 0 Å². The lowest BCUT2D eigenvalue weighted by Crippen LogP contribution is -1.97. The predicted octanol–water partition coefficient (Wildman–Crippen LogP) is 3.58. The first kappa shape index (κ1) is 13.1. The van der Waals surface area contributed by atoms with Crippen LogP contribution in [-0.4, -0.2) is 18.0 Å². The summed E-state index contributed by atoms with van der Waals surface area (Å²) in [4.78, 5) is 11.4. The minimum atomic E-state index is -0.128. The highest BCUT2D eigenvalue weighted by Gasteiger charge is 2.12. The minimum Gasteiger partial charge on any atom is -0.507 e. The topological polar surface area (TPSA) is 46.5 Å². The maximum Gasteiger partial charge on any atom is 0.163 e. The molecule has 3 heteroatoms. The molecule has 19 heavy (non-hydrogen) atoms. The molecule has 0 fully saturated rings. The Balaban J connectivity index is 2.48. The van der Waals surface area contributed by atoms with E-state index in [0.717, 1.165) is 22.4 Å². The van der Waals surface area contributed by atoms with Crippen molar-refractivity contribution in [2.75, 3.05) is 7.11 Å². The van der Waals surface area contributed by atoms with Crippen LogP contribution < -0.4 is 4.74 Å². The van der Waals surface area contributed by atoms with Crippen LogP contribution in [0.2, 0.25) is 0 Å². The fourth-order valence-corrected chi connectivity index (χ4v) is 2.18. The molecular weight excluding hydrogens is 240 g/mol. The van der Waals surface area contributed by atoms with E-state index in [0.29, 0.717) is 5.56 Å². The van der Waals surface area contributed by atoms with Crippen LogP contribution in [0.3, 0.4) is 0 Å². The van der Waals surface area contributed by atoms with Crippen molar-refractivity contribution in [1.82, 2.24) is 0 Å². The maximum absolute atomic E-state index is 11.4. The molecule has 1 N–H and O–H groups in total. The van der Waals surface area contributed by atoms with Gasteiger partial charge in [-0.3, -0.25) is 4.79 Å². The smallest absolute Gasteiger partial charge is 0.163 e. The van der Waals surface area contributed by atoms with E-state index in [9.17, 15) is 9.90 Å². The van der Waals surface area contributed by atoms with Crippen LogP contribution in [-0.2, 0) is 0 Å². The van der Waals surface area contributed by atoms with Crippen molar-refractivity contribution in [3.8, 4) is 22.6 Å². The first-order chi connectivity index (χ1) is 9.02. The monoisotopic (exact) mass is 256 g/mol. The average Bonchev–Trinajstić information content (AvgIpc) is 2.37. The highest BCUT2D eigenvalue weighted by atomic mass is 16.5. The number of benzene rings is 2. The van der Waals surface area contributed by atoms with Gasteiger partial charge in [-0.2, -0.15) is 0 Å². The van der Waals surface area contributed by atoms with Gasteiger partial charge in [0.05, 0.1) is 12.7 Å². The Morgan fingerprint density at radius 3 is 2.21 bits per heavy atom. The molecule has 0 heterocycles. The van der Waals surface area contributed by atoms with Crippen molar-refractivity contribution < 1.29 is 14.6 Å². The van der Waals surface area contributed by atoms with E-state index in [1.807, 2.05) is 37.3 Å². The number of methoxy groups -OCH3 is 1. The van der Waals surface area contributed by atoms with Gasteiger partial charge < -0.3 is 9.84 Å². The third kappa shape index (κ3) is 2.60. The fourth-order valence-electron chi connectivity index (χ4n) is 2.18. The Morgan fingerprint density at radius 2 is 1.74 bits per heavy atom. The van der Waals surface area contributed by atoms with Crippen molar-refractivity contribution in [3.05, 3.63) is 47.5 Å². The number of Topliss-reactive ketones (excluding diaryl/α,β-unsaturated/α-hetero) is 1. The van der Waals surface area contributed by atoms with Crippen molar-refractivity contribution in [2.24, 2.45) is 0 Å². The number of rotatable bonds is 3. The molecule has 0 aliphatic carbocycles. The van der Waals surface area contributed by atoms with E-state index < -0.39 is 0 Å². The number of phenolic OH excluding ortho intramolecular Hbond substituents is 1. The SMILES string of the molecule is COc1ccc(-c2cc(C)c(C(C)=O)c(O)c2)cc1. The lowest BCUT2D eigenvalue weighted by molar-refractivity contribution is 0.101. The largest absolute Gasteiger partial charge is 0.507 e. The zero-order valence-electron chi connectivity index (χ0n) is 11.2. The summed E-state index contributed by atoms with van der Waals surface area (Å²) in [5, 5.41) is 9.96. The number of aryl methyl sites for hydroxylation is 1. The van der Waals surface area contributed by atoms with Crippen molar-refractivity contribution in [3.63, 3.8) is 0 Å². The molecule has 0 radical (unpaired) electrons. The second-order valence-electron chi connectivity index (χ2n) is 4.47. The molecule has 0 bridgehead atoms. The molecule has 3 nitrogen and oxygen atoms in total. The maximum atomic E-state index is 11.4. The Bertz CT molecular complexity index is 589. The first-order valence-corrected chi connectivity index (χ1v) is 6.02. The number of aromatic hydroxyl groups is 1. The van der Waals surface area contributed by atoms with E-state index in [1.165, 1.54) is 6.92 Å². The highest BCUT2D eigenvalue weighted by Crippen LogP contribution is 2.30. The number of carbonyl (C=O) groups is 1. The number of carbonyl (C=O) groups excluding carboxylic acids is 1. The molecular formula is C16H16O3. The third-order valence-corrected chi connectivity index (χ3v) is 3.09. The molecule has 0 saturated carbocycles. The standard InChI is InChI=1S/C16H16O3/c1-10-8-13(9-15(18)16(10)11(2)17)12-4-6-14(19-3)7-5-12/h4-9,18H,1-3H3. The summed E-state index contributed by atoms with van der Waals surface area (Å²) in [6.07, 6.45) is 0. The molecule has 0 aliphatic rings. The van der Waals surface area contributed by atoms with Gasteiger partial charge in [0.2, 0.25) is 0 Å². The summed E-state index contributed by atoms with van der Waals surface area (Å²) >= 11 is 0. The van der Waals surface area contributed by atoms with Crippen LogP contribution in [0.25, 0.3) is 11.1 Å². The van der Waals surface area contributed by atoms with Gasteiger partial charge in [-0.1, -0.05) is 18.2 Å². The van der Waals surface area contributed by atoms with Gasteiger partial charge in [0.15, 0.2) is 5.78 Å². The summed E-state index contributed by atoms with van der Waals surface area (Å²) < 4.78 is 5.11. The van der Waals surface area contributed by atoms with Crippen LogP contribution in [0, 0.1) is 6.92 Å². The van der Waals surface area contributed by atoms with Crippen LogP contribution >= 0.6 is 0 Å². The summed E-state index contributed by atoms with van der Waals surface area (Å²) in [5.74, 6) is 0.680. The molecule has 0 aromatic heterocycles. The molecule has 0 unspecified atom stereocenters. The normalized spacial score (nSPS) is 10.3. The zero-order valence-corrected chi connectivity index (χ0v) is 11.2. The lowest BCUT2D eigenvalue weighted by atomic mass is 9.97. The molecule has 0 amide bonds. The predicted molar refractivity (Wildman–Crippen MR) is 74.8 cm³/mol. The second kappa shape index (κ2) is 5.14. The van der Waals surface area contributed by atoms with Gasteiger partial charge in [0.1, 0.15) is 11.5 Å². The summed E-state index contributed by atoms with van der Waals surface area (Å²) in [6, 6.07) is 11.1. The van der Waals surface area contributed by atoms with E-state index in [2.05, 4.69) is 0 Å². The van der Waals surface area contributed by atoms with Gasteiger partial charge in [-0.25, -0.2) is 0 Å². The molecule has 0 spiro atoms. The first-order valence-electron chi connectivity index (χ1n) is 6.02. The number of hydrogen-bond acceptors (Lipinski definition) is 3. The van der Waals surface area contributed by atoms with Gasteiger partial charge in [0, 0.05) is 0 Å². The second-order valence-corrected chi connectivity index (χ2v) is 4.47. The van der Waals surface area contributed by atoms with Gasteiger partial charge in [-0.15, -0.1) is 0 Å². The number of ketones is 1. The highest BCUT2D eigenvalue weighted by molar-refractivity contribution is 5.99. The molecule has 2 aromatic rings. The summed E-state index contributed by atoms with van der Waals surface area (Å²) in [5.41, 5.74) is 3.01.